The Hall–Kier alpha value is -2.89. The molecule has 2 aromatic rings. The summed E-state index contributed by atoms with van der Waals surface area (Å²) in [4.78, 5) is 26.3. The first kappa shape index (κ1) is 17.9. The lowest BCUT2D eigenvalue weighted by molar-refractivity contribution is -0.122. The fraction of sp³-hybridized carbons (Fsp3) is 0.300. The topological polar surface area (TPSA) is 58.6 Å². The number of amides is 2. The van der Waals surface area contributed by atoms with E-state index in [1.54, 1.807) is 11.0 Å². The Morgan fingerprint density at radius 1 is 1.27 bits per heavy atom. The molecule has 1 N–H and O–H groups in total. The van der Waals surface area contributed by atoms with Gasteiger partial charge >= 0.3 is 0 Å². The molecule has 26 heavy (non-hydrogen) atoms. The Labute approximate surface area is 151 Å². The van der Waals surface area contributed by atoms with Crippen molar-refractivity contribution in [3.63, 3.8) is 0 Å². The van der Waals surface area contributed by atoms with Crippen molar-refractivity contribution in [1.82, 2.24) is 0 Å². The minimum Gasteiger partial charge on any atom is -0.494 e. The van der Waals surface area contributed by atoms with E-state index < -0.39 is 11.7 Å². The average Bonchev–Trinajstić information content (AvgIpc) is 3.02. The SMILES string of the molecule is CCCOc1ccc(N2C[C@@H](C(=O)Nc3cccc(F)c3)CC2=O)cc1. The number of hydrogen-bond donors (Lipinski definition) is 1. The van der Waals surface area contributed by atoms with Crippen molar-refractivity contribution in [1.29, 1.82) is 0 Å². The molecule has 136 valence electrons. The van der Waals surface area contributed by atoms with Crippen LogP contribution in [0.2, 0.25) is 0 Å². The lowest BCUT2D eigenvalue weighted by Gasteiger charge is -2.17. The Balaban J connectivity index is 1.63. The summed E-state index contributed by atoms with van der Waals surface area (Å²) in [7, 11) is 0. The van der Waals surface area contributed by atoms with Gasteiger partial charge in [0.05, 0.1) is 12.5 Å². The summed E-state index contributed by atoms with van der Waals surface area (Å²) in [5.74, 6) is -0.525. The van der Waals surface area contributed by atoms with E-state index in [1.807, 2.05) is 31.2 Å². The van der Waals surface area contributed by atoms with Crippen LogP contribution in [0.5, 0.6) is 5.75 Å². The van der Waals surface area contributed by atoms with Gasteiger partial charge in [-0.25, -0.2) is 4.39 Å². The minimum atomic E-state index is -0.471. The van der Waals surface area contributed by atoms with Crippen LogP contribution < -0.4 is 15.0 Å². The van der Waals surface area contributed by atoms with E-state index in [0.29, 0.717) is 18.8 Å². The zero-order chi connectivity index (χ0) is 18.5. The molecule has 0 bridgehead atoms. The van der Waals surface area contributed by atoms with E-state index in [0.717, 1.165) is 17.9 Å². The molecule has 1 aliphatic heterocycles. The second kappa shape index (κ2) is 7.99. The summed E-state index contributed by atoms with van der Waals surface area (Å²) in [5.41, 5.74) is 1.12. The van der Waals surface area contributed by atoms with Gasteiger partial charge in [-0.3, -0.25) is 9.59 Å². The first-order valence-corrected chi connectivity index (χ1v) is 8.66. The smallest absolute Gasteiger partial charge is 0.229 e. The molecule has 3 rings (SSSR count). The van der Waals surface area contributed by atoms with Crippen molar-refractivity contribution in [3.8, 4) is 5.75 Å². The largest absolute Gasteiger partial charge is 0.494 e. The molecule has 5 nitrogen and oxygen atoms in total. The van der Waals surface area contributed by atoms with Gasteiger partial charge in [-0.15, -0.1) is 0 Å². The van der Waals surface area contributed by atoms with Gasteiger partial charge in [-0.1, -0.05) is 13.0 Å². The standard InChI is InChI=1S/C20H21FN2O3/c1-2-10-26-18-8-6-17(7-9-18)23-13-14(11-19(23)24)20(25)22-16-5-3-4-15(21)12-16/h3-9,12,14H,2,10-11,13H2,1H3,(H,22,25)/t14-/m0/s1. The van der Waals surface area contributed by atoms with E-state index >= 15 is 0 Å². The highest BCUT2D eigenvalue weighted by atomic mass is 19.1. The summed E-state index contributed by atoms with van der Waals surface area (Å²) in [6.45, 7) is 2.98. The number of nitrogens with one attached hydrogen (secondary N) is 1. The van der Waals surface area contributed by atoms with Gasteiger partial charge in [0.2, 0.25) is 11.8 Å². The van der Waals surface area contributed by atoms with Gasteiger partial charge in [-0.05, 0) is 48.9 Å². The molecule has 2 aromatic carbocycles. The van der Waals surface area contributed by atoms with Gasteiger partial charge in [0.1, 0.15) is 11.6 Å². The lowest BCUT2D eigenvalue weighted by atomic mass is 10.1. The normalized spacial score (nSPS) is 16.6. The Kier molecular flexibility index (Phi) is 5.51. The third kappa shape index (κ3) is 4.20. The molecule has 0 radical (unpaired) electrons. The number of nitrogens with zero attached hydrogens (tertiary/aromatic N) is 1. The molecule has 6 heteroatoms. The highest BCUT2D eigenvalue weighted by molar-refractivity contribution is 6.03. The summed E-state index contributed by atoms with van der Waals surface area (Å²) < 4.78 is 18.8. The molecule has 0 saturated carbocycles. The van der Waals surface area contributed by atoms with Gasteiger partial charge in [-0.2, -0.15) is 0 Å². The zero-order valence-corrected chi connectivity index (χ0v) is 14.6. The highest BCUT2D eigenvalue weighted by Gasteiger charge is 2.35. The van der Waals surface area contributed by atoms with Crippen LogP contribution in [0, 0.1) is 11.7 Å². The third-order valence-corrected chi connectivity index (χ3v) is 4.21. The summed E-state index contributed by atoms with van der Waals surface area (Å²) in [5, 5.41) is 2.67. The molecule has 0 spiro atoms. The van der Waals surface area contributed by atoms with Crippen LogP contribution in [0.3, 0.4) is 0 Å². The predicted octanol–water partition coefficient (Wildman–Crippen LogP) is 3.61. The molecule has 1 atom stereocenters. The molecule has 0 unspecified atom stereocenters. The van der Waals surface area contributed by atoms with Crippen molar-refractivity contribution in [2.24, 2.45) is 5.92 Å². The number of halogens is 1. The first-order valence-electron chi connectivity index (χ1n) is 8.66. The maximum absolute atomic E-state index is 13.2. The molecular weight excluding hydrogens is 335 g/mol. The fourth-order valence-electron chi connectivity index (χ4n) is 2.89. The lowest BCUT2D eigenvalue weighted by Crippen LogP contribution is -2.28. The van der Waals surface area contributed by atoms with Gasteiger partial charge < -0.3 is 15.0 Å². The van der Waals surface area contributed by atoms with Crippen molar-refractivity contribution in [2.75, 3.05) is 23.4 Å². The van der Waals surface area contributed by atoms with E-state index in [1.165, 1.54) is 18.2 Å². The monoisotopic (exact) mass is 356 g/mol. The molecule has 0 aliphatic carbocycles. The Morgan fingerprint density at radius 3 is 2.73 bits per heavy atom. The number of carbonyl (C=O) groups excluding carboxylic acids is 2. The quantitative estimate of drug-likeness (QED) is 0.860. The molecular formula is C20H21FN2O3. The minimum absolute atomic E-state index is 0.105. The molecule has 1 fully saturated rings. The Morgan fingerprint density at radius 2 is 2.04 bits per heavy atom. The van der Waals surface area contributed by atoms with Crippen LogP contribution >= 0.6 is 0 Å². The third-order valence-electron chi connectivity index (χ3n) is 4.21. The number of rotatable bonds is 6. The van der Waals surface area contributed by atoms with Crippen molar-refractivity contribution in [3.05, 3.63) is 54.3 Å². The van der Waals surface area contributed by atoms with E-state index in [4.69, 9.17) is 4.74 Å². The number of anilines is 2. The highest BCUT2D eigenvalue weighted by Crippen LogP contribution is 2.27. The van der Waals surface area contributed by atoms with Crippen LogP contribution in [-0.2, 0) is 9.59 Å². The van der Waals surface area contributed by atoms with E-state index in [-0.39, 0.29) is 18.2 Å². The van der Waals surface area contributed by atoms with Crippen LogP contribution in [-0.4, -0.2) is 25.0 Å². The molecule has 1 heterocycles. The number of benzene rings is 2. The van der Waals surface area contributed by atoms with E-state index in [9.17, 15) is 14.0 Å². The van der Waals surface area contributed by atoms with Crippen molar-refractivity contribution >= 4 is 23.2 Å². The number of hydrogen-bond acceptors (Lipinski definition) is 3. The summed E-state index contributed by atoms with van der Waals surface area (Å²) in [6, 6.07) is 13.0. The molecule has 1 saturated heterocycles. The second-order valence-corrected chi connectivity index (χ2v) is 6.25. The van der Waals surface area contributed by atoms with Crippen molar-refractivity contribution in [2.45, 2.75) is 19.8 Å². The maximum atomic E-state index is 13.2. The average molecular weight is 356 g/mol. The molecule has 0 aromatic heterocycles. The van der Waals surface area contributed by atoms with Crippen LogP contribution in [0.25, 0.3) is 0 Å². The van der Waals surface area contributed by atoms with Gasteiger partial charge in [0, 0.05) is 24.3 Å². The van der Waals surface area contributed by atoms with E-state index in [2.05, 4.69) is 5.32 Å². The maximum Gasteiger partial charge on any atom is 0.229 e. The van der Waals surface area contributed by atoms with Crippen LogP contribution in [0.15, 0.2) is 48.5 Å². The number of carbonyl (C=O) groups is 2. The second-order valence-electron chi connectivity index (χ2n) is 6.25. The Bertz CT molecular complexity index is 792. The number of ether oxygens (including phenoxy) is 1. The predicted molar refractivity (Wildman–Crippen MR) is 97.7 cm³/mol. The summed E-state index contributed by atoms with van der Waals surface area (Å²) in [6.07, 6.45) is 1.06. The molecule has 2 amide bonds. The zero-order valence-electron chi connectivity index (χ0n) is 14.6. The summed E-state index contributed by atoms with van der Waals surface area (Å²) >= 11 is 0. The first-order chi connectivity index (χ1) is 12.6. The van der Waals surface area contributed by atoms with Gasteiger partial charge in [0.15, 0.2) is 0 Å². The van der Waals surface area contributed by atoms with Crippen LogP contribution in [0.4, 0.5) is 15.8 Å². The van der Waals surface area contributed by atoms with Gasteiger partial charge in [0.25, 0.3) is 0 Å². The molecule has 1 aliphatic rings. The van der Waals surface area contributed by atoms with Crippen molar-refractivity contribution < 1.29 is 18.7 Å². The fourth-order valence-corrected chi connectivity index (χ4v) is 2.89. The van der Waals surface area contributed by atoms with Crippen LogP contribution in [0.1, 0.15) is 19.8 Å².